The Morgan fingerprint density at radius 2 is 1.27 bits per heavy atom. The fourth-order valence-corrected chi connectivity index (χ4v) is 6.44. The lowest BCUT2D eigenvalue weighted by molar-refractivity contribution is -0.116. The molecule has 0 heterocycles. The van der Waals surface area contributed by atoms with Crippen molar-refractivity contribution in [2.24, 2.45) is 0 Å². The zero-order chi connectivity index (χ0) is 35.6. The van der Waals surface area contributed by atoms with Gasteiger partial charge in [-0.3, -0.25) is 14.4 Å². The summed E-state index contributed by atoms with van der Waals surface area (Å²) < 4.78 is 13.7. The van der Waals surface area contributed by atoms with E-state index in [1.165, 1.54) is 30.0 Å². The molecule has 0 aromatic heterocycles. The number of hydrogen-bond donors (Lipinski definition) is 3. The summed E-state index contributed by atoms with van der Waals surface area (Å²) in [5, 5.41) is 7.72. The summed E-state index contributed by atoms with van der Waals surface area (Å²) in [6.07, 6.45) is 1.63. The first-order valence-corrected chi connectivity index (χ1v) is 17.2. The Labute approximate surface area is 304 Å². The molecule has 1 atom stereocenters. The Kier molecular flexibility index (Phi) is 11.4. The fraction of sp³-hybridized carbons (Fsp3) is 0.0238. The second kappa shape index (κ2) is 16.6. The van der Waals surface area contributed by atoms with Gasteiger partial charge in [0.05, 0.1) is 5.02 Å². The molecule has 0 bridgehead atoms. The number of amides is 3. The zero-order valence-electron chi connectivity index (χ0n) is 27.1. The minimum atomic E-state index is -0.694. The quantitative estimate of drug-likeness (QED) is 0.0922. The van der Waals surface area contributed by atoms with Crippen LogP contribution in [-0.2, 0) is 9.59 Å². The summed E-state index contributed by atoms with van der Waals surface area (Å²) in [5.41, 5.74) is 4.82. The highest BCUT2D eigenvalue weighted by molar-refractivity contribution is 8.00. The van der Waals surface area contributed by atoms with Crippen LogP contribution in [0.2, 0.25) is 5.02 Å². The first kappa shape index (κ1) is 34.9. The number of benzene rings is 6. The van der Waals surface area contributed by atoms with Crippen LogP contribution >= 0.6 is 23.4 Å². The summed E-state index contributed by atoms with van der Waals surface area (Å²) >= 11 is 7.23. The van der Waals surface area contributed by atoms with Gasteiger partial charge in [0.15, 0.2) is 0 Å². The Morgan fingerprint density at radius 3 is 1.96 bits per heavy atom. The van der Waals surface area contributed by atoms with Crippen molar-refractivity contribution < 1.29 is 18.8 Å². The number of halogens is 2. The lowest BCUT2D eigenvalue weighted by Gasteiger charge is -2.18. The number of hydrogen-bond acceptors (Lipinski definition) is 4. The van der Waals surface area contributed by atoms with Crippen molar-refractivity contribution in [2.75, 3.05) is 10.6 Å². The lowest BCUT2D eigenvalue weighted by atomic mass is 10.0. The minimum absolute atomic E-state index is 0.0499. The van der Waals surface area contributed by atoms with Gasteiger partial charge >= 0.3 is 0 Å². The average molecular weight is 712 g/mol. The van der Waals surface area contributed by atoms with Gasteiger partial charge in [0.25, 0.3) is 11.8 Å². The predicted octanol–water partition coefficient (Wildman–Crippen LogP) is 10.0. The van der Waals surface area contributed by atoms with Crippen LogP contribution in [0, 0.1) is 5.82 Å². The number of carbonyl (C=O) groups is 3. The highest BCUT2D eigenvalue weighted by atomic mass is 35.5. The first-order valence-electron chi connectivity index (χ1n) is 15.9. The summed E-state index contributed by atoms with van der Waals surface area (Å²) in [6, 6.07) is 46.6. The smallest absolute Gasteiger partial charge is 0.272 e. The van der Waals surface area contributed by atoms with E-state index >= 15 is 0 Å². The number of nitrogens with one attached hydrogen (secondary N) is 3. The van der Waals surface area contributed by atoms with E-state index in [9.17, 15) is 18.8 Å². The molecule has 3 amide bonds. The molecule has 0 aliphatic carbocycles. The van der Waals surface area contributed by atoms with Crippen LogP contribution in [0.5, 0.6) is 0 Å². The topological polar surface area (TPSA) is 87.3 Å². The third-order valence-corrected chi connectivity index (χ3v) is 9.27. The summed E-state index contributed by atoms with van der Waals surface area (Å²) in [4.78, 5) is 41.2. The Hall–Kier alpha value is -5.96. The molecule has 1 unspecified atom stereocenters. The standard InChI is InChI=1S/C42H31ClFN3O3S/c43-36-27-34(23-24-37(36)44)46-42(50)39(31-13-6-2-7-14-31)51-35-18-10-17-33(26-35)45-41(49)38(47-40(48)32-15-8-3-9-16-32)25-28-19-21-30(22-20-28)29-11-4-1-5-12-29/h1-27,39H,(H,45,49)(H,46,50)(H,47,48)/b38-25+. The molecular formula is C42H31ClFN3O3S. The number of rotatable bonds is 11. The molecule has 0 spiro atoms. The maximum atomic E-state index is 13.8. The number of carbonyl (C=O) groups excluding carboxylic acids is 3. The molecule has 6 rings (SSSR count). The minimum Gasteiger partial charge on any atom is -0.325 e. The van der Waals surface area contributed by atoms with Crippen molar-refractivity contribution in [2.45, 2.75) is 10.1 Å². The van der Waals surface area contributed by atoms with Gasteiger partial charge in [-0.05, 0) is 76.9 Å². The fourth-order valence-electron chi connectivity index (χ4n) is 5.18. The third kappa shape index (κ3) is 9.39. The van der Waals surface area contributed by atoms with Gasteiger partial charge in [-0.2, -0.15) is 0 Å². The van der Waals surface area contributed by atoms with Crippen LogP contribution in [-0.4, -0.2) is 17.7 Å². The van der Waals surface area contributed by atoms with Crippen LogP contribution in [0.1, 0.15) is 26.7 Å². The molecule has 0 saturated carbocycles. The molecule has 6 nitrogen and oxygen atoms in total. The molecular weight excluding hydrogens is 681 g/mol. The summed E-state index contributed by atoms with van der Waals surface area (Å²) in [5.74, 6) is -1.88. The molecule has 252 valence electrons. The highest BCUT2D eigenvalue weighted by Gasteiger charge is 2.23. The maximum Gasteiger partial charge on any atom is 0.272 e. The van der Waals surface area contributed by atoms with Crippen molar-refractivity contribution in [3.63, 3.8) is 0 Å². The Morgan fingerprint density at radius 1 is 0.647 bits per heavy atom. The van der Waals surface area contributed by atoms with Crippen molar-refractivity contribution in [1.29, 1.82) is 0 Å². The van der Waals surface area contributed by atoms with E-state index in [4.69, 9.17) is 11.6 Å². The molecule has 51 heavy (non-hydrogen) atoms. The normalized spacial score (nSPS) is 11.7. The van der Waals surface area contributed by atoms with E-state index in [1.807, 2.05) is 97.1 Å². The van der Waals surface area contributed by atoms with E-state index in [-0.39, 0.29) is 16.6 Å². The molecule has 3 N–H and O–H groups in total. The van der Waals surface area contributed by atoms with E-state index < -0.39 is 22.9 Å². The van der Waals surface area contributed by atoms with Crippen LogP contribution in [0.3, 0.4) is 0 Å². The lowest BCUT2D eigenvalue weighted by Crippen LogP contribution is -2.30. The molecule has 9 heteroatoms. The highest BCUT2D eigenvalue weighted by Crippen LogP contribution is 2.37. The predicted molar refractivity (Wildman–Crippen MR) is 204 cm³/mol. The Bertz CT molecular complexity index is 2180. The molecule has 0 radical (unpaired) electrons. The van der Waals surface area contributed by atoms with Crippen molar-refractivity contribution in [3.05, 3.63) is 191 Å². The van der Waals surface area contributed by atoms with Crippen molar-refractivity contribution >= 4 is 58.5 Å². The van der Waals surface area contributed by atoms with Crippen LogP contribution in [0.25, 0.3) is 17.2 Å². The van der Waals surface area contributed by atoms with Gasteiger partial charge in [0.1, 0.15) is 16.8 Å². The number of thioether (sulfide) groups is 1. The van der Waals surface area contributed by atoms with Gasteiger partial charge in [0, 0.05) is 21.8 Å². The Balaban J connectivity index is 1.23. The van der Waals surface area contributed by atoms with Crippen LogP contribution in [0.15, 0.2) is 168 Å². The molecule has 6 aromatic carbocycles. The SMILES string of the molecule is O=C(Nc1cccc(SC(C(=O)Nc2ccc(F)c(Cl)c2)c2ccccc2)c1)/C(=C\c1ccc(-c2ccccc2)cc1)NC(=O)c1ccccc1. The van der Waals surface area contributed by atoms with Gasteiger partial charge in [-0.1, -0.05) is 121 Å². The van der Waals surface area contributed by atoms with Crippen molar-refractivity contribution in [3.8, 4) is 11.1 Å². The van der Waals surface area contributed by atoms with Gasteiger partial charge in [-0.15, -0.1) is 11.8 Å². The summed E-state index contributed by atoms with van der Waals surface area (Å²) in [7, 11) is 0. The molecule has 0 aliphatic heterocycles. The third-order valence-electron chi connectivity index (χ3n) is 7.73. The first-order chi connectivity index (χ1) is 24.8. The van der Waals surface area contributed by atoms with Crippen LogP contribution < -0.4 is 16.0 Å². The van der Waals surface area contributed by atoms with E-state index in [0.29, 0.717) is 21.8 Å². The van der Waals surface area contributed by atoms with Crippen LogP contribution in [0.4, 0.5) is 15.8 Å². The second-order valence-corrected chi connectivity index (χ2v) is 13.0. The summed E-state index contributed by atoms with van der Waals surface area (Å²) in [6.45, 7) is 0. The molecule has 0 fully saturated rings. The molecule has 6 aromatic rings. The monoisotopic (exact) mass is 711 g/mol. The van der Waals surface area contributed by atoms with Gasteiger partial charge < -0.3 is 16.0 Å². The molecule has 0 saturated heterocycles. The maximum absolute atomic E-state index is 13.8. The van der Waals surface area contributed by atoms with E-state index in [2.05, 4.69) is 16.0 Å². The number of anilines is 2. The van der Waals surface area contributed by atoms with E-state index in [1.54, 1.807) is 48.5 Å². The second-order valence-electron chi connectivity index (χ2n) is 11.4. The van der Waals surface area contributed by atoms with Crippen molar-refractivity contribution in [1.82, 2.24) is 5.32 Å². The average Bonchev–Trinajstić information content (AvgIpc) is 3.16. The molecule has 0 aliphatic rings. The van der Waals surface area contributed by atoms with Gasteiger partial charge in [0.2, 0.25) is 5.91 Å². The van der Waals surface area contributed by atoms with E-state index in [0.717, 1.165) is 22.3 Å². The largest absolute Gasteiger partial charge is 0.325 e. The van der Waals surface area contributed by atoms with Gasteiger partial charge in [-0.25, -0.2) is 4.39 Å². The zero-order valence-corrected chi connectivity index (χ0v) is 28.6.